The van der Waals surface area contributed by atoms with E-state index in [-0.39, 0.29) is 29.8 Å². The minimum Gasteiger partial charge on any atom is -0.467 e. The first-order valence-electron chi connectivity index (χ1n) is 10.3. The number of ether oxygens (including phenoxy) is 1. The molecule has 0 spiro atoms. The van der Waals surface area contributed by atoms with Crippen molar-refractivity contribution in [1.82, 2.24) is 9.62 Å². The SMILES string of the molecule is COC(=O)[C@H](Cc1ccccc1)NC(=O)C1CCN(S(=O)(=O)c2ccc(C)cc2)CC1. The molecule has 1 atom stereocenters. The highest BCUT2D eigenvalue weighted by Gasteiger charge is 2.33. The molecule has 0 bridgehead atoms. The lowest BCUT2D eigenvalue weighted by molar-refractivity contribution is -0.145. The van der Waals surface area contributed by atoms with E-state index in [1.165, 1.54) is 11.4 Å². The third kappa shape index (κ3) is 5.71. The fourth-order valence-electron chi connectivity index (χ4n) is 3.69. The summed E-state index contributed by atoms with van der Waals surface area (Å²) < 4.78 is 32.0. The molecule has 8 heteroatoms. The molecule has 1 fully saturated rings. The van der Waals surface area contributed by atoms with Crippen LogP contribution in [0.5, 0.6) is 0 Å². The fourth-order valence-corrected chi connectivity index (χ4v) is 5.16. The predicted octanol–water partition coefficient (Wildman–Crippen LogP) is 2.30. The van der Waals surface area contributed by atoms with Crippen LogP contribution in [-0.4, -0.2) is 50.8 Å². The lowest BCUT2D eigenvalue weighted by atomic mass is 9.96. The lowest BCUT2D eigenvalue weighted by Gasteiger charge is -2.31. The zero-order valence-corrected chi connectivity index (χ0v) is 18.6. The van der Waals surface area contributed by atoms with Gasteiger partial charge in [0, 0.05) is 25.4 Å². The van der Waals surface area contributed by atoms with Crippen molar-refractivity contribution >= 4 is 21.9 Å². The number of piperidine rings is 1. The second-order valence-electron chi connectivity index (χ2n) is 7.77. The minimum absolute atomic E-state index is 0.251. The number of hydrogen-bond donors (Lipinski definition) is 1. The van der Waals surface area contributed by atoms with Crippen LogP contribution in [0.25, 0.3) is 0 Å². The molecule has 31 heavy (non-hydrogen) atoms. The number of benzene rings is 2. The summed E-state index contributed by atoms with van der Waals surface area (Å²) in [5.41, 5.74) is 1.90. The molecule has 166 valence electrons. The Hall–Kier alpha value is -2.71. The molecule has 0 radical (unpaired) electrons. The molecule has 2 aromatic rings. The van der Waals surface area contributed by atoms with Crippen molar-refractivity contribution < 1.29 is 22.7 Å². The van der Waals surface area contributed by atoms with Crippen LogP contribution in [0, 0.1) is 12.8 Å². The van der Waals surface area contributed by atoms with Crippen molar-refractivity contribution in [3.05, 3.63) is 65.7 Å². The molecule has 1 aliphatic rings. The molecule has 1 heterocycles. The molecular formula is C23H28N2O5S. The van der Waals surface area contributed by atoms with Crippen molar-refractivity contribution in [1.29, 1.82) is 0 Å². The Balaban J connectivity index is 1.60. The van der Waals surface area contributed by atoms with E-state index in [4.69, 9.17) is 4.74 Å². The number of amides is 1. The molecule has 2 aromatic carbocycles. The van der Waals surface area contributed by atoms with Gasteiger partial charge in [-0.25, -0.2) is 13.2 Å². The van der Waals surface area contributed by atoms with E-state index in [9.17, 15) is 18.0 Å². The van der Waals surface area contributed by atoms with Crippen LogP contribution in [0.15, 0.2) is 59.5 Å². The summed E-state index contributed by atoms with van der Waals surface area (Å²) in [5.74, 6) is -1.11. The van der Waals surface area contributed by atoms with Gasteiger partial charge in [0.1, 0.15) is 6.04 Å². The van der Waals surface area contributed by atoms with Crippen LogP contribution in [-0.2, 0) is 30.8 Å². The van der Waals surface area contributed by atoms with Gasteiger partial charge in [-0.15, -0.1) is 0 Å². The number of sulfonamides is 1. The summed E-state index contributed by atoms with van der Waals surface area (Å²) in [5, 5.41) is 2.80. The predicted molar refractivity (Wildman–Crippen MR) is 117 cm³/mol. The number of nitrogens with zero attached hydrogens (tertiary/aromatic N) is 1. The number of methoxy groups -OCH3 is 1. The van der Waals surface area contributed by atoms with Crippen LogP contribution in [0.4, 0.5) is 0 Å². The molecule has 0 aliphatic carbocycles. The Labute approximate surface area is 183 Å². The van der Waals surface area contributed by atoms with E-state index in [1.54, 1.807) is 24.3 Å². The van der Waals surface area contributed by atoms with Crippen molar-refractivity contribution in [2.24, 2.45) is 5.92 Å². The average Bonchev–Trinajstić information content (AvgIpc) is 2.79. The summed E-state index contributed by atoms with van der Waals surface area (Å²) in [7, 11) is -2.29. The fraction of sp³-hybridized carbons (Fsp3) is 0.391. The smallest absolute Gasteiger partial charge is 0.328 e. The van der Waals surface area contributed by atoms with Gasteiger partial charge >= 0.3 is 5.97 Å². The summed E-state index contributed by atoms with van der Waals surface area (Å²) in [6, 6.07) is 15.4. The van der Waals surface area contributed by atoms with Crippen molar-refractivity contribution in [2.45, 2.75) is 37.1 Å². The molecule has 1 saturated heterocycles. The molecule has 7 nitrogen and oxygen atoms in total. The van der Waals surface area contributed by atoms with Crippen LogP contribution >= 0.6 is 0 Å². The standard InChI is InChI=1S/C23H28N2O5S/c1-17-8-10-20(11-9-17)31(28,29)25-14-12-19(13-15-25)22(26)24-21(23(27)30-2)16-18-6-4-3-5-7-18/h3-11,19,21H,12-16H2,1-2H3,(H,24,26)/t21-/m0/s1. The summed E-state index contributed by atoms with van der Waals surface area (Å²) in [6.07, 6.45) is 1.13. The van der Waals surface area contributed by atoms with Crippen LogP contribution in [0.1, 0.15) is 24.0 Å². The number of carbonyl (C=O) groups is 2. The molecule has 1 N–H and O–H groups in total. The molecule has 3 rings (SSSR count). The second-order valence-corrected chi connectivity index (χ2v) is 9.70. The number of hydrogen-bond acceptors (Lipinski definition) is 5. The van der Waals surface area contributed by atoms with Crippen molar-refractivity contribution in [2.75, 3.05) is 20.2 Å². The highest BCUT2D eigenvalue weighted by Crippen LogP contribution is 2.24. The van der Waals surface area contributed by atoms with Gasteiger partial charge in [-0.1, -0.05) is 48.0 Å². The van der Waals surface area contributed by atoms with E-state index in [1.807, 2.05) is 37.3 Å². The van der Waals surface area contributed by atoms with E-state index >= 15 is 0 Å². The normalized spacial score (nSPS) is 16.5. The topological polar surface area (TPSA) is 92.8 Å². The average molecular weight is 445 g/mol. The van der Waals surface area contributed by atoms with Crippen molar-refractivity contribution in [3.8, 4) is 0 Å². The zero-order chi connectivity index (χ0) is 22.4. The second kappa shape index (κ2) is 10.1. The van der Waals surface area contributed by atoms with Crippen LogP contribution in [0.3, 0.4) is 0 Å². The van der Waals surface area contributed by atoms with Crippen LogP contribution < -0.4 is 5.32 Å². The van der Waals surface area contributed by atoms with E-state index in [0.29, 0.717) is 19.3 Å². The molecule has 0 aromatic heterocycles. The van der Waals surface area contributed by atoms with Crippen LogP contribution in [0.2, 0.25) is 0 Å². The van der Waals surface area contributed by atoms with Gasteiger partial charge < -0.3 is 10.1 Å². The van der Waals surface area contributed by atoms with Gasteiger partial charge in [0.15, 0.2) is 0 Å². The number of carbonyl (C=O) groups excluding carboxylic acids is 2. The van der Waals surface area contributed by atoms with Gasteiger partial charge in [-0.2, -0.15) is 4.31 Å². The molecule has 0 saturated carbocycles. The number of rotatable bonds is 7. The summed E-state index contributed by atoms with van der Waals surface area (Å²) >= 11 is 0. The number of esters is 1. The molecule has 0 unspecified atom stereocenters. The number of aryl methyl sites for hydroxylation is 1. The molecule has 1 aliphatic heterocycles. The van der Waals surface area contributed by atoms with Gasteiger partial charge in [0.25, 0.3) is 0 Å². The highest BCUT2D eigenvalue weighted by atomic mass is 32.2. The molecular weight excluding hydrogens is 416 g/mol. The van der Waals surface area contributed by atoms with Gasteiger partial charge in [0.05, 0.1) is 12.0 Å². The Morgan fingerprint density at radius 3 is 2.26 bits per heavy atom. The highest BCUT2D eigenvalue weighted by molar-refractivity contribution is 7.89. The third-order valence-corrected chi connectivity index (χ3v) is 7.48. The monoisotopic (exact) mass is 444 g/mol. The summed E-state index contributed by atoms with van der Waals surface area (Å²) in [4.78, 5) is 25.2. The Morgan fingerprint density at radius 2 is 1.68 bits per heavy atom. The summed E-state index contributed by atoms with van der Waals surface area (Å²) in [6.45, 7) is 2.42. The first kappa shape index (κ1) is 23.0. The van der Waals surface area contributed by atoms with Crippen molar-refractivity contribution in [3.63, 3.8) is 0 Å². The van der Waals surface area contributed by atoms with Gasteiger partial charge in [0.2, 0.25) is 15.9 Å². The lowest BCUT2D eigenvalue weighted by Crippen LogP contribution is -2.48. The van der Waals surface area contributed by atoms with E-state index in [2.05, 4.69) is 5.32 Å². The first-order chi connectivity index (χ1) is 14.8. The maximum Gasteiger partial charge on any atom is 0.328 e. The Morgan fingerprint density at radius 1 is 1.06 bits per heavy atom. The third-order valence-electron chi connectivity index (χ3n) is 5.57. The van der Waals surface area contributed by atoms with Gasteiger partial charge in [-0.3, -0.25) is 4.79 Å². The molecule has 1 amide bonds. The maximum atomic E-state index is 12.8. The van der Waals surface area contributed by atoms with E-state index in [0.717, 1.165) is 11.1 Å². The van der Waals surface area contributed by atoms with E-state index < -0.39 is 22.0 Å². The number of nitrogens with one attached hydrogen (secondary N) is 1. The zero-order valence-electron chi connectivity index (χ0n) is 17.8. The Bertz CT molecular complexity index is 998. The maximum absolute atomic E-state index is 12.8. The quantitative estimate of drug-likeness (QED) is 0.662. The van der Waals surface area contributed by atoms with Gasteiger partial charge in [-0.05, 0) is 37.5 Å². The Kier molecular flexibility index (Phi) is 7.46. The first-order valence-corrected chi connectivity index (χ1v) is 11.7. The minimum atomic E-state index is -3.58. The largest absolute Gasteiger partial charge is 0.467 e.